The lowest BCUT2D eigenvalue weighted by Gasteiger charge is -2.26. The Kier molecular flexibility index (Phi) is 3.61. The SMILES string of the molecule is Cc1ccsc1N(C)C(=O)C1CCCNC1. The van der Waals surface area contributed by atoms with Crippen LogP contribution in [0, 0.1) is 12.8 Å². The Morgan fingerprint density at radius 3 is 3.00 bits per heavy atom. The molecule has 0 spiro atoms. The molecule has 1 aromatic heterocycles. The summed E-state index contributed by atoms with van der Waals surface area (Å²) in [7, 11) is 1.88. The number of piperidine rings is 1. The zero-order valence-electron chi connectivity index (χ0n) is 9.82. The van der Waals surface area contributed by atoms with Crippen LogP contribution in [-0.2, 0) is 4.79 Å². The van der Waals surface area contributed by atoms with E-state index >= 15 is 0 Å². The Morgan fingerprint density at radius 2 is 2.44 bits per heavy atom. The molecule has 1 N–H and O–H groups in total. The average molecular weight is 238 g/mol. The second kappa shape index (κ2) is 4.97. The summed E-state index contributed by atoms with van der Waals surface area (Å²) in [5, 5.41) is 6.40. The molecule has 0 radical (unpaired) electrons. The summed E-state index contributed by atoms with van der Waals surface area (Å²) >= 11 is 1.63. The zero-order chi connectivity index (χ0) is 11.5. The Bertz CT molecular complexity index is 369. The molecular weight excluding hydrogens is 220 g/mol. The minimum atomic E-state index is 0.153. The van der Waals surface area contributed by atoms with Gasteiger partial charge in [-0.25, -0.2) is 0 Å². The van der Waals surface area contributed by atoms with Crippen LogP contribution in [-0.4, -0.2) is 26.0 Å². The third-order valence-electron chi connectivity index (χ3n) is 3.12. The monoisotopic (exact) mass is 238 g/mol. The zero-order valence-corrected chi connectivity index (χ0v) is 10.6. The van der Waals surface area contributed by atoms with Crippen molar-refractivity contribution >= 4 is 22.2 Å². The number of rotatable bonds is 2. The van der Waals surface area contributed by atoms with Crippen LogP contribution < -0.4 is 10.2 Å². The van der Waals surface area contributed by atoms with Gasteiger partial charge in [-0.15, -0.1) is 11.3 Å². The van der Waals surface area contributed by atoms with Crippen molar-refractivity contribution < 1.29 is 4.79 Å². The van der Waals surface area contributed by atoms with Gasteiger partial charge in [0, 0.05) is 13.6 Å². The molecule has 0 saturated carbocycles. The molecule has 1 aliphatic rings. The van der Waals surface area contributed by atoms with E-state index in [-0.39, 0.29) is 11.8 Å². The predicted molar refractivity (Wildman–Crippen MR) is 68.1 cm³/mol. The first-order chi connectivity index (χ1) is 7.70. The van der Waals surface area contributed by atoms with E-state index in [0.29, 0.717) is 0 Å². The van der Waals surface area contributed by atoms with E-state index in [2.05, 4.69) is 18.3 Å². The molecule has 1 aromatic rings. The number of thiophene rings is 1. The van der Waals surface area contributed by atoms with Crippen molar-refractivity contribution in [1.29, 1.82) is 0 Å². The van der Waals surface area contributed by atoms with Crippen molar-refractivity contribution in [2.75, 3.05) is 25.0 Å². The molecule has 88 valence electrons. The lowest BCUT2D eigenvalue weighted by atomic mass is 9.98. The summed E-state index contributed by atoms with van der Waals surface area (Å²) in [6, 6.07) is 2.06. The van der Waals surface area contributed by atoms with E-state index in [0.717, 1.165) is 30.9 Å². The van der Waals surface area contributed by atoms with Gasteiger partial charge in [-0.2, -0.15) is 0 Å². The fourth-order valence-corrected chi connectivity index (χ4v) is 3.05. The van der Waals surface area contributed by atoms with Crippen LogP contribution in [0.1, 0.15) is 18.4 Å². The van der Waals surface area contributed by atoms with E-state index < -0.39 is 0 Å². The van der Waals surface area contributed by atoms with Gasteiger partial charge < -0.3 is 10.2 Å². The molecule has 1 atom stereocenters. The van der Waals surface area contributed by atoms with E-state index in [1.54, 1.807) is 11.3 Å². The Balaban J connectivity index is 2.06. The van der Waals surface area contributed by atoms with Crippen molar-refractivity contribution in [2.45, 2.75) is 19.8 Å². The van der Waals surface area contributed by atoms with E-state index in [9.17, 15) is 4.79 Å². The van der Waals surface area contributed by atoms with Crippen LogP contribution in [0.3, 0.4) is 0 Å². The first-order valence-corrected chi connectivity index (χ1v) is 6.60. The molecule has 4 heteroatoms. The molecule has 2 heterocycles. The summed E-state index contributed by atoms with van der Waals surface area (Å²) in [5.41, 5.74) is 1.18. The standard InChI is InChI=1S/C12H18N2OS/c1-9-5-7-16-12(9)14(2)11(15)10-4-3-6-13-8-10/h5,7,10,13H,3-4,6,8H2,1-2H3. The van der Waals surface area contributed by atoms with Gasteiger partial charge in [-0.3, -0.25) is 4.79 Å². The summed E-state index contributed by atoms with van der Waals surface area (Å²) in [6.45, 7) is 3.92. The molecule has 3 nitrogen and oxygen atoms in total. The fourth-order valence-electron chi connectivity index (χ4n) is 2.14. The molecular formula is C12H18N2OS. The lowest BCUT2D eigenvalue weighted by molar-refractivity contribution is -0.122. The van der Waals surface area contributed by atoms with Gasteiger partial charge >= 0.3 is 0 Å². The average Bonchev–Trinajstić information content (AvgIpc) is 2.75. The number of nitrogens with zero attached hydrogens (tertiary/aromatic N) is 1. The van der Waals surface area contributed by atoms with Gasteiger partial charge in [0.2, 0.25) is 5.91 Å². The van der Waals surface area contributed by atoms with Crippen LogP contribution in [0.2, 0.25) is 0 Å². The van der Waals surface area contributed by atoms with Crippen molar-refractivity contribution in [3.63, 3.8) is 0 Å². The fraction of sp³-hybridized carbons (Fsp3) is 0.583. The third kappa shape index (κ3) is 2.28. The summed E-state index contributed by atoms with van der Waals surface area (Å²) in [4.78, 5) is 14.1. The lowest BCUT2D eigenvalue weighted by Crippen LogP contribution is -2.41. The van der Waals surface area contributed by atoms with Gasteiger partial charge in [0.05, 0.1) is 5.92 Å². The Labute approximate surface area is 100 Å². The number of carbonyl (C=O) groups is 1. The summed E-state index contributed by atoms with van der Waals surface area (Å²) < 4.78 is 0. The van der Waals surface area contributed by atoms with Gasteiger partial charge in [0.25, 0.3) is 0 Å². The van der Waals surface area contributed by atoms with Gasteiger partial charge in [0.1, 0.15) is 5.00 Å². The van der Waals surface area contributed by atoms with E-state index in [1.807, 2.05) is 17.3 Å². The minimum Gasteiger partial charge on any atom is -0.316 e. The first-order valence-electron chi connectivity index (χ1n) is 5.72. The number of hydrogen-bond donors (Lipinski definition) is 1. The summed E-state index contributed by atoms with van der Waals surface area (Å²) in [5.74, 6) is 0.401. The van der Waals surface area contributed by atoms with Crippen molar-refractivity contribution in [3.8, 4) is 0 Å². The maximum absolute atomic E-state index is 12.2. The third-order valence-corrected chi connectivity index (χ3v) is 4.21. The number of amides is 1. The molecule has 1 unspecified atom stereocenters. The number of aryl methyl sites for hydroxylation is 1. The maximum Gasteiger partial charge on any atom is 0.231 e. The molecule has 1 amide bonds. The van der Waals surface area contributed by atoms with Gasteiger partial charge in [-0.05, 0) is 43.3 Å². The van der Waals surface area contributed by atoms with Crippen LogP contribution in [0.5, 0.6) is 0 Å². The molecule has 2 rings (SSSR count). The maximum atomic E-state index is 12.2. The van der Waals surface area contributed by atoms with Crippen LogP contribution in [0.4, 0.5) is 5.00 Å². The molecule has 1 fully saturated rings. The molecule has 1 aliphatic heterocycles. The highest BCUT2D eigenvalue weighted by Crippen LogP contribution is 2.27. The second-order valence-electron chi connectivity index (χ2n) is 4.35. The first kappa shape index (κ1) is 11.6. The van der Waals surface area contributed by atoms with Gasteiger partial charge in [-0.1, -0.05) is 0 Å². The van der Waals surface area contributed by atoms with Crippen LogP contribution in [0.15, 0.2) is 11.4 Å². The van der Waals surface area contributed by atoms with Crippen LogP contribution >= 0.6 is 11.3 Å². The number of carbonyl (C=O) groups excluding carboxylic acids is 1. The second-order valence-corrected chi connectivity index (χ2v) is 5.24. The molecule has 0 bridgehead atoms. The predicted octanol–water partition coefficient (Wildman–Crippen LogP) is 2.02. The number of nitrogens with one attached hydrogen (secondary N) is 1. The topological polar surface area (TPSA) is 32.3 Å². The molecule has 0 aliphatic carbocycles. The quantitative estimate of drug-likeness (QED) is 0.855. The molecule has 0 aromatic carbocycles. The van der Waals surface area contributed by atoms with E-state index in [4.69, 9.17) is 0 Å². The van der Waals surface area contributed by atoms with Gasteiger partial charge in [0.15, 0.2) is 0 Å². The van der Waals surface area contributed by atoms with Crippen LogP contribution in [0.25, 0.3) is 0 Å². The Morgan fingerprint density at radius 1 is 1.62 bits per heavy atom. The van der Waals surface area contributed by atoms with Crippen molar-refractivity contribution in [1.82, 2.24) is 5.32 Å². The number of anilines is 1. The van der Waals surface area contributed by atoms with Crippen molar-refractivity contribution in [3.05, 3.63) is 17.0 Å². The highest BCUT2D eigenvalue weighted by Gasteiger charge is 2.25. The Hall–Kier alpha value is -0.870. The smallest absolute Gasteiger partial charge is 0.231 e. The minimum absolute atomic E-state index is 0.153. The highest BCUT2D eigenvalue weighted by molar-refractivity contribution is 7.14. The largest absolute Gasteiger partial charge is 0.316 e. The number of hydrogen-bond acceptors (Lipinski definition) is 3. The van der Waals surface area contributed by atoms with Crippen molar-refractivity contribution in [2.24, 2.45) is 5.92 Å². The molecule has 16 heavy (non-hydrogen) atoms. The van der Waals surface area contributed by atoms with E-state index in [1.165, 1.54) is 5.56 Å². The summed E-state index contributed by atoms with van der Waals surface area (Å²) in [6.07, 6.45) is 2.12. The normalized spacial score (nSPS) is 20.8. The highest BCUT2D eigenvalue weighted by atomic mass is 32.1. The molecule has 1 saturated heterocycles.